The zero-order valence-corrected chi connectivity index (χ0v) is 6.84. The van der Waals surface area contributed by atoms with Crippen LogP contribution in [0.2, 0.25) is 0 Å². The van der Waals surface area contributed by atoms with Crippen molar-refractivity contribution in [3.63, 3.8) is 0 Å². The van der Waals surface area contributed by atoms with Crippen molar-refractivity contribution in [2.24, 2.45) is 0 Å². The fraction of sp³-hybridized carbons (Fsp3) is 0. The minimum Gasteiger partial charge on any atom is -0.300 e. The molecule has 0 aliphatic heterocycles. The van der Waals surface area contributed by atoms with Crippen molar-refractivity contribution in [1.29, 1.82) is 0 Å². The van der Waals surface area contributed by atoms with Gasteiger partial charge in [0.15, 0.2) is 11.6 Å². The van der Waals surface area contributed by atoms with E-state index >= 15 is 0 Å². The molecule has 0 amide bonds. The topological polar surface area (TPSA) is 17.8 Å². The predicted molar refractivity (Wildman–Crippen MR) is 42.3 cm³/mol. The average molecular weight is 197 g/mol. The minimum absolute atomic E-state index is 0.361. The van der Waals surface area contributed by atoms with Gasteiger partial charge in [-0.15, -0.1) is 0 Å². The number of aromatic nitrogens is 2. The van der Waals surface area contributed by atoms with E-state index in [0.29, 0.717) is 12.1 Å². The number of halogens is 3. The van der Waals surface area contributed by atoms with Gasteiger partial charge in [-0.2, -0.15) is 0 Å². The van der Waals surface area contributed by atoms with Crippen LogP contribution < -0.4 is 0 Å². The van der Waals surface area contributed by atoms with Crippen LogP contribution in [-0.2, 0) is 0 Å². The SMILES string of the molecule is Fc1cc(F)c(-n2c[c]nc2)c(F)c1. The number of rotatable bonds is 1. The zero-order valence-electron chi connectivity index (χ0n) is 6.84. The largest absolute Gasteiger partial charge is 0.300 e. The summed E-state index contributed by atoms with van der Waals surface area (Å²) < 4.78 is 39.9. The first-order chi connectivity index (χ1) is 6.68. The Morgan fingerprint density at radius 1 is 1.14 bits per heavy atom. The van der Waals surface area contributed by atoms with Gasteiger partial charge in [-0.3, -0.25) is 0 Å². The molecule has 14 heavy (non-hydrogen) atoms. The summed E-state index contributed by atoms with van der Waals surface area (Å²) in [6.45, 7) is 0. The standard InChI is InChI=1S/C9H4F3N2/c10-6-3-7(11)9(8(12)4-6)14-2-1-13-5-14/h2-5H. The quantitative estimate of drug-likeness (QED) is 0.684. The second kappa shape index (κ2) is 3.17. The molecular weight excluding hydrogens is 193 g/mol. The van der Waals surface area contributed by atoms with Crippen LogP contribution in [-0.4, -0.2) is 9.55 Å². The van der Waals surface area contributed by atoms with Crippen molar-refractivity contribution < 1.29 is 13.2 Å². The van der Waals surface area contributed by atoms with Crippen molar-refractivity contribution in [2.75, 3.05) is 0 Å². The van der Waals surface area contributed by atoms with E-state index in [2.05, 4.69) is 11.2 Å². The van der Waals surface area contributed by atoms with Crippen LogP contribution in [0.4, 0.5) is 13.2 Å². The molecule has 0 spiro atoms. The molecule has 1 aromatic carbocycles. The lowest BCUT2D eigenvalue weighted by atomic mass is 10.3. The van der Waals surface area contributed by atoms with Gasteiger partial charge in [0.25, 0.3) is 0 Å². The van der Waals surface area contributed by atoms with Gasteiger partial charge in [0, 0.05) is 18.3 Å². The zero-order chi connectivity index (χ0) is 10.1. The van der Waals surface area contributed by atoms with Crippen LogP contribution in [0.3, 0.4) is 0 Å². The summed E-state index contributed by atoms with van der Waals surface area (Å²) in [6.07, 6.45) is 4.81. The van der Waals surface area contributed by atoms with Gasteiger partial charge in [-0.05, 0) is 0 Å². The first-order valence-electron chi connectivity index (χ1n) is 3.73. The maximum atomic E-state index is 13.1. The molecule has 0 saturated carbocycles. The van der Waals surface area contributed by atoms with Crippen LogP contribution >= 0.6 is 0 Å². The molecule has 0 atom stereocenters. The fourth-order valence-electron chi connectivity index (χ4n) is 1.13. The maximum absolute atomic E-state index is 13.1. The number of imidazole rings is 1. The van der Waals surface area contributed by atoms with E-state index in [0.717, 1.165) is 4.57 Å². The number of hydrogen-bond acceptors (Lipinski definition) is 1. The molecule has 2 aromatic rings. The molecule has 0 aliphatic carbocycles. The van der Waals surface area contributed by atoms with Gasteiger partial charge in [0.1, 0.15) is 24.0 Å². The lowest BCUT2D eigenvalue weighted by Gasteiger charge is -2.04. The molecule has 2 nitrogen and oxygen atoms in total. The van der Waals surface area contributed by atoms with Gasteiger partial charge in [0.05, 0.1) is 0 Å². The molecule has 71 valence electrons. The highest BCUT2D eigenvalue weighted by Crippen LogP contribution is 2.18. The molecule has 0 aliphatic rings. The molecule has 0 fully saturated rings. The summed E-state index contributed by atoms with van der Waals surface area (Å²) >= 11 is 0. The second-order valence-corrected chi connectivity index (χ2v) is 2.63. The molecule has 0 bridgehead atoms. The molecular formula is C9H4F3N2. The summed E-state index contributed by atoms with van der Waals surface area (Å²) in [5.74, 6) is -2.91. The maximum Gasteiger partial charge on any atom is 0.153 e. The van der Waals surface area contributed by atoms with E-state index in [9.17, 15) is 13.2 Å². The third kappa shape index (κ3) is 1.37. The molecule has 0 N–H and O–H groups in total. The van der Waals surface area contributed by atoms with Crippen molar-refractivity contribution in [1.82, 2.24) is 9.55 Å². The van der Waals surface area contributed by atoms with E-state index in [4.69, 9.17) is 0 Å². The number of hydrogen-bond donors (Lipinski definition) is 0. The second-order valence-electron chi connectivity index (χ2n) is 2.63. The lowest BCUT2D eigenvalue weighted by molar-refractivity contribution is 0.534. The Bertz CT molecular complexity index is 428. The van der Waals surface area contributed by atoms with Crippen molar-refractivity contribution >= 4 is 0 Å². The van der Waals surface area contributed by atoms with Crippen molar-refractivity contribution in [2.45, 2.75) is 0 Å². The summed E-state index contributed by atoms with van der Waals surface area (Å²) in [5, 5.41) is 0. The molecule has 2 rings (SSSR count). The fourth-order valence-corrected chi connectivity index (χ4v) is 1.13. The summed E-state index contributed by atoms with van der Waals surface area (Å²) in [6, 6.07) is 1.22. The van der Waals surface area contributed by atoms with Crippen LogP contribution in [0, 0.1) is 23.6 Å². The van der Waals surface area contributed by atoms with E-state index in [1.807, 2.05) is 0 Å². The first-order valence-corrected chi connectivity index (χ1v) is 3.73. The molecule has 0 saturated heterocycles. The third-order valence-corrected chi connectivity index (χ3v) is 1.69. The smallest absolute Gasteiger partial charge is 0.153 e. The van der Waals surface area contributed by atoms with Gasteiger partial charge in [0.2, 0.25) is 0 Å². The molecule has 1 radical (unpaired) electrons. The van der Waals surface area contributed by atoms with Gasteiger partial charge in [-0.25, -0.2) is 18.2 Å². The summed E-state index contributed by atoms with van der Waals surface area (Å²) in [4.78, 5) is 3.51. The van der Waals surface area contributed by atoms with E-state index in [1.165, 1.54) is 12.5 Å². The van der Waals surface area contributed by atoms with Gasteiger partial charge >= 0.3 is 0 Å². The van der Waals surface area contributed by atoms with Crippen LogP contribution in [0.15, 0.2) is 24.7 Å². The Hall–Kier alpha value is -1.78. The summed E-state index contributed by atoms with van der Waals surface area (Å²) in [5.41, 5.74) is -0.361. The van der Waals surface area contributed by atoms with Gasteiger partial charge < -0.3 is 4.57 Å². The summed E-state index contributed by atoms with van der Waals surface area (Å²) in [7, 11) is 0. The normalized spacial score (nSPS) is 10.5. The highest BCUT2D eigenvalue weighted by molar-refractivity contribution is 5.35. The Labute approximate surface area is 77.6 Å². The monoisotopic (exact) mass is 197 g/mol. The molecule has 1 aromatic heterocycles. The van der Waals surface area contributed by atoms with Crippen LogP contribution in [0.5, 0.6) is 0 Å². The predicted octanol–water partition coefficient (Wildman–Crippen LogP) is 2.09. The highest BCUT2D eigenvalue weighted by Gasteiger charge is 2.12. The first kappa shape index (κ1) is 8.80. The van der Waals surface area contributed by atoms with E-state index < -0.39 is 17.5 Å². The van der Waals surface area contributed by atoms with Crippen LogP contribution in [0.1, 0.15) is 0 Å². The third-order valence-electron chi connectivity index (χ3n) is 1.69. The number of benzene rings is 1. The minimum atomic E-state index is -0.978. The highest BCUT2D eigenvalue weighted by atomic mass is 19.1. The van der Waals surface area contributed by atoms with Crippen molar-refractivity contribution in [3.8, 4) is 5.69 Å². The average Bonchev–Trinajstić information content (AvgIpc) is 2.54. The molecule has 0 unspecified atom stereocenters. The number of nitrogens with zero attached hydrogens (tertiary/aromatic N) is 2. The van der Waals surface area contributed by atoms with Crippen molar-refractivity contribution in [3.05, 3.63) is 48.3 Å². The Morgan fingerprint density at radius 2 is 1.79 bits per heavy atom. The van der Waals surface area contributed by atoms with Crippen LogP contribution in [0.25, 0.3) is 5.69 Å². The Balaban J connectivity index is 2.64. The van der Waals surface area contributed by atoms with E-state index in [-0.39, 0.29) is 5.69 Å². The van der Waals surface area contributed by atoms with E-state index in [1.54, 1.807) is 0 Å². The molecule has 1 heterocycles. The van der Waals surface area contributed by atoms with Gasteiger partial charge in [-0.1, -0.05) is 0 Å². The lowest BCUT2D eigenvalue weighted by Crippen LogP contribution is -2.00. The Morgan fingerprint density at radius 3 is 2.29 bits per heavy atom. The Kier molecular flexibility index (Phi) is 1.99. The molecule has 5 heteroatoms.